The van der Waals surface area contributed by atoms with Crippen molar-refractivity contribution in [1.29, 1.82) is 0 Å². The van der Waals surface area contributed by atoms with Crippen molar-refractivity contribution in [3.63, 3.8) is 0 Å². The maximum atomic E-state index is 12.5. The molecule has 0 spiro atoms. The molecule has 0 aliphatic heterocycles. The summed E-state index contributed by atoms with van der Waals surface area (Å²) in [5, 5.41) is 3.17. The summed E-state index contributed by atoms with van der Waals surface area (Å²) in [6.07, 6.45) is 2.34. The standard InChI is InChI=1S/C18H19NO2/c1-21-16-10-6-5-9-15(16)18(20)19-17(14-11-12-14)13-7-3-2-4-8-13/h2-10,14,17H,11-12H2,1H3,(H,19,20)/t17-/m1/s1. The average Bonchev–Trinajstić information content (AvgIpc) is 3.38. The van der Waals surface area contributed by atoms with E-state index in [0.29, 0.717) is 17.2 Å². The van der Waals surface area contributed by atoms with Crippen LogP contribution in [0.15, 0.2) is 54.6 Å². The summed E-state index contributed by atoms with van der Waals surface area (Å²) in [5.41, 5.74) is 1.75. The normalized spacial score (nSPS) is 15.3. The van der Waals surface area contributed by atoms with E-state index in [1.165, 1.54) is 18.4 Å². The van der Waals surface area contributed by atoms with Crippen molar-refractivity contribution < 1.29 is 9.53 Å². The highest BCUT2D eigenvalue weighted by Gasteiger charge is 2.33. The van der Waals surface area contributed by atoms with Gasteiger partial charge in [0.05, 0.1) is 18.7 Å². The van der Waals surface area contributed by atoms with Crippen molar-refractivity contribution in [2.75, 3.05) is 7.11 Å². The first-order valence-corrected chi connectivity index (χ1v) is 7.28. The molecule has 2 aromatic carbocycles. The SMILES string of the molecule is COc1ccccc1C(=O)N[C@H](c1ccccc1)C1CC1. The summed E-state index contributed by atoms with van der Waals surface area (Å²) in [6, 6.07) is 17.6. The topological polar surface area (TPSA) is 38.3 Å². The molecule has 3 heteroatoms. The van der Waals surface area contributed by atoms with Crippen LogP contribution in [0.5, 0.6) is 5.75 Å². The Balaban J connectivity index is 1.82. The fourth-order valence-corrected chi connectivity index (χ4v) is 2.61. The van der Waals surface area contributed by atoms with E-state index in [1.54, 1.807) is 13.2 Å². The molecule has 21 heavy (non-hydrogen) atoms. The molecule has 1 N–H and O–H groups in total. The number of rotatable bonds is 5. The van der Waals surface area contributed by atoms with Gasteiger partial charge in [0, 0.05) is 0 Å². The number of benzene rings is 2. The Morgan fingerprint density at radius 2 is 1.76 bits per heavy atom. The molecular weight excluding hydrogens is 262 g/mol. The van der Waals surface area contributed by atoms with Gasteiger partial charge in [0.25, 0.3) is 5.91 Å². The van der Waals surface area contributed by atoms with Gasteiger partial charge in [0.1, 0.15) is 5.75 Å². The van der Waals surface area contributed by atoms with Crippen LogP contribution in [-0.4, -0.2) is 13.0 Å². The summed E-state index contributed by atoms with van der Waals surface area (Å²) < 4.78 is 5.27. The van der Waals surface area contributed by atoms with E-state index in [4.69, 9.17) is 4.74 Å². The van der Waals surface area contributed by atoms with Gasteiger partial charge in [-0.25, -0.2) is 0 Å². The minimum absolute atomic E-state index is 0.0757. The number of nitrogens with one attached hydrogen (secondary N) is 1. The Hall–Kier alpha value is -2.29. The Morgan fingerprint density at radius 1 is 1.10 bits per heavy atom. The van der Waals surface area contributed by atoms with E-state index >= 15 is 0 Å². The quantitative estimate of drug-likeness (QED) is 0.909. The third-order valence-electron chi connectivity index (χ3n) is 3.89. The molecule has 1 aliphatic rings. The maximum Gasteiger partial charge on any atom is 0.255 e. The molecule has 1 aliphatic carbocycles. The summed E-state index contributed by atoms with van der Waals surface area (Å²) in [5.74, 6) is 1.08. The molecule has 108 valence electrons. The van der Waals surface area contributed by atoms with E-state index in [1.807, 2.05) is 36.4 Å². The minimum atomic E-state index is -0.0757. The smallest absolute Gasteiger partial charge is 0.255 e. The number of ether oxygens (including phenoxy) is 1. The van der Waals surface area contributed by atoms with Crippen molar-refractivity contribution in [1.82, 2.24) is 5.32 Å². The van der Waals surface area contributed by atoms with Gasteiger partial charge in [0.2, 0.25) is 0 Å². The fraction of sp³-hybridized carbons (Fsp3) is 0.278. The van der Waals surface area contributed by atoms with E-state index in [0.717, 1.165) is 0 Å². The molecule has 1 saturated carbocycles. The largest absolute Gasteiger partial charge is 0.496 e. The molecule has 0 bridgehead atoms. The van der Waals surface area contributed by atoms with Gasteiger partial charge in [-0.3, -0.25) is 4.79 Å². The first-order valence-electron chi connectivity index (χ1n) is 7.28. The molecule has 0 aromatic heterocycles. The van der Waals surface area contributed by atoms with E-state index in [-0.39, 0.29) is 11.9 Å². The Bertz CT molecular complexity index is 620. The van der Waals surface area contributed by atoms with Crippen molar-refractivity contribution in [2.45, 2.75) is 18.9 Å². The molecule has 1 fully saturated rings. The van der Waals surface area contributed by atoms with Gasteiger partial charge >= 0.3 is 0 Å². The molecular formula is C18H19NO2. The average molecular weight is 281 g/mol. The van der Waals surface area contributed by atoms with Crippen molar-refractivity contribution >= 4 is 5.91 Å². The maximum absolute atomic E-state index is 12.5. The summed E-state index contributed by atoms with van der Waals surface area (Å²) >= 11 is 0. The van der Waals surface area contributed by atoms with Gasteiger partial charge in [-0.2, -0.15) is 0 Å². The second kappa shape index (κ2) is 6.00. The van der Waals surface area contributed by atoms with E-state index in [2.05, 4.69) is 17.4 Å². The lowest BCUT2D eigenvalue weighted by molar-refractivity contribution is 0.0928. The van der Waals surface area contributed by atoms with Gasteiger partial charge in [0.15, 0.2) is 0 Å². The summed E-state index contributed by atoms with van der Waals surface area (Å²) in [4.78, 5) is 12.5. The third-order valence-corrected chi connectivity index (χ3v) is 3.89. The number of carbonyl (C=O) groups excluding carboxylic acids is 1. The van der Waals surface area contributed by atoms with E-state index < -0.39 is 0 Å². The molecule has 3 rings (SSSR count). The van der Waals surface area contributed by atoms with Gasteiger partial charge in [-0.15, -0.1) is 0 Å². The fourth-order valence-electron chi connectivity index (χ4n) is 2.61. The molecule has 0 radical (unpaired) electrons. The number of amides is 1. The lowest BCUT2D eigenvalue weighted by Gasteiger charge is -2.19. The zero-order chi connectivity index (χ0) is 14.7. The second-order valence-electron chi connectivity index (χ2n) is 5.40. The van der Waals surface area contributed by atoms with Gasteiger partial charge < -0.3 is 10.1 Å². The molecule has 2 aromatic rings. The Labute approximate surface area is 124 Å². The molecule has 0 heterocycles. The van der Waals surface area contributed by atoms with Crippen LogP contribution < -0.4 is 10.1 Å². The zero-order valence-electron chi connectivity index (χ0n) is 12.1. The Kier molecular flexibility index (Phi) is 3.91. The van der Waals surface area contributed by atoms with Crippen LogP contribution in [0.4, 0.5) is 0 Å². The molecule has 0 saturated heterocycles. The van der Waals surface area contributed by atoms with Gasteiger partial charge in [-0.1, -0.05) is 42.5 Å². The second-order valence-corrected chi connectivity index (χ2v) is 5.40. The lowest BCUT2D eigenvalue weighted by Crippen LogP contribution is -2.30. The minimum Gasteiger partial charge on any atom is -0.496 e. The van der Waals surface area contributed by atoms with Crippen molar-refractivity contribution in [3.8, 4) is 5.75 Å². The van der Waals surface area contributed by atoms with Crippen LogP contribution in [0.2, 0.25) is 0 Å². The molecule has 1 atom stereocenters. The first-order chi connectivity index (χ1) is 10.3. The van der Waals surface area contributed by atoms with Crippen LogP contribution >= 0.6 is 0 Å². The Morgan fingerprint density at radius 3 is 2.43 bits per heavy atom. The lowest BCUT2D eigenvalue weighted by atomic mass is 10.0. The highest BCUT2D eigenvalue weighted by molar-refractivity contribution is 5.97. The van der Waals surface area contributed by atoms with Crippen LogP contribution in [0.1, 0.15) is 34.8 Å². The predicted octanol–water partition coefficient (Wildman–Crippen LogP) is 3.58. The number of hydrogen-bond donors (Lipinski definition) is 1. The van der Waals surface area contributed by atoms with E-state index in [9.17, 15) is 4.79 Å². The number of methoxy groups -OCH3 is 1. The molecule has 3 nitrogen and oxygen atoms in total. The highest BCUT2D eigenvalue weighted by Crippen LogP contribution is 2.41. The number of para-hydroxylation sites is 1. The van der Waals surface area contributed by atoms with Crippen LogP contribution in [0, 0.1) is 5.92 Å². The number of hydrogen-bond acceptors (Lipinski definition) is 2. The highest BCUT2D eigenvalue weighted by atomic mass is 16.5. The molecule has 0 unspecified atom stereocenters. The van der Waals surface area contributed by atoms with Gasteiger partial charge in [-0.05, 0) is 36.5 Å². The first kappa shape index (κ1) is 13.7. The monoisotopic (exact) mass is 281 g/mol. The predicted molar refractivity (Wildman–Crippen MR) is 82.4 cm³/mol. The molecule has 1 amide bonds. The van der Waals surface area contributed by atoms with Crippen LogP contribution in [0.25, 0.3) is 0 Å². The van der Waals surface area contributed by atoms with Crippen LogP contribution in [-0.2, 0) is 0 Å². The van der Waals surface area contributed by atoms with Crippen molar-refractivity contribution in [2.24, 2.45) is 5.92 Å². The number of carbonyl (C=O) groups is 1. The van der Waals surface area contributed by atoms with Crippen molar-refractivity contribution in [3.05, 3.63) is 65.7 Å². The summed E-state index contributed by atoms with van der Waals surface area (Å²) in [7, 11) is 1.59. The summed E-state index contributed by atoms with van der Waals surface area (Å²) in [6.45, 7) is 0. The third kappa shape index (κ3) is 3.07. The zero-order valence-corrected chi connectivity index (χ0v) is 12.1. The van der Waals surface area contributed by atoms with Crippen LogP contribution in [0.3, 0.4) is 0 Å².